The fourth-order valence-corrected chi connectivity index (χ4v) is 3.44. The molecule has 5 N–H and O–H groups in total. The predicted molar refractivity (Wildman–Crippen MR) is 134 cm³/mol. The monoisotopic (exact) mass is 449 g/mol. The topological polar surface area (TPSA) is 112 Å². The number of aromatic nitrogens is 2. The highest BCUT2D eigenvalue weighted by molar-refractivity contribution is 5.94. The molecule has 0 saturated heterocycles. The van der Waals surface area contributed by atoms with Crippen LogP contribution in [0.5, 0.6) is 0 Å². The summed E-state index contributed by atoms with van der Waals surface area (Å²) in [6.07, 6.45) is 4.64. The maximum absolute atomic E-state index is 15.0. The third kappa shape index (κ3) is 5.45. The van der Waals surface area contributed by atoms with Crippen LogP contribution in [0.4, 0.5) is 38.9 Å². The van der Waals surface area contributed by atoms with E-state index in [9.17, 15) is 4.39 Å². The minimum atomic E-state index is -0.589. The molecule has 0 saturated carbocycles. The quantitative estimate of drug-likeness (QED) is 0.189. The first kappa shape index (κ1) is 23.7. The van der Waals surface area contributed by atoms with Gasteiger partial charge in [-0.05, 0) is 42.3 Å². The van der Waals surface area contributed by atoms with Crippen molar-refractivity contribution >= 4 is 46.8 Å². The summed E-state index contributed by atoms with van der Waals surface area (Å²) in [5.74, 6) is -0.280. The number of nitrogen functional groups attached to an aromatic ring is 1. The smallest absolute Gasteiger partial charge is 0.229 e. The van der Waals surface area contributed by atoms with Gasteiger partial charge in [0.2, 0.25) is 5.95 Å². The van der Waals surface area contributed by atoms with Crippen molar-refractivity contribution in [2.24, 2.45) is 0 Å². The van der Waals surface area contributed by atoms with E-state index >= 15 is 0 Å². The number of anilines is 6. The summed E-state index contributed by atoms with van der Waals surface area (Å²) in [4.78, 5) is 10.3. The molecular formula is C24H28FN7O. The number of rotatable bonds is 11. The van der Waals surface area contributed by atoms with E-state index in [0.717, 1.165) is 29.3 Å². The van der Waals surface area contributed by atoms with Crippen LogP contribution in [0.15, 0.2) is 49.2 Å². The van der Waals surface area contributed by atoms with Crippen LogP contribution in [0.2, 0.25) is 0 Å². The molecule has 3 rings (SSSR count). The van der Waals surface area contributed by atoms with Gasteiger partial charge in [0.25, 0.3) is 0 Å². The number of ether oxygens (including phenoxy) is 1. The molecule has 0 radical (unpaired) electrons. The Hall–Kier alpha value is -3.98. The van der Waals surface area contributed by atoms with Crippen LogP contribution in [0, 0.1) is 11.2 Å². The van der Waals surface area contributed by atoms with Gasteiger partial charge < -0.3 is 31.4 Å². The molecule has 0 aliphatic carbocycles. The summed E-state index contributed by atoms with van der Waals surface area (Å²) in [6.45, 7) is 4.73. The van der Waals surface area contributed by atoms with Crippen LogP contribution < -0.4 is 21.3 Å². The first-order valence-corrected chi connectivity index (χ1v) is 10.4. The molecule has 8 nitrogen and oxygen atoms in total. The molecule has 0 amide bonds. The van der Waals surface area contributed by atoms with E-state index < -0.39 is 5.82 Å². The van der Waals surface area contributed by atoms with Crippen molar-refractivity contribution in [3.63, 3.8) is 0 Å². The van der Waals surface area contributed by atoms with E-state index in [1.165, 1.54) is 0 Å². The minimum Gasteiger partial charge on any atom is -0.398 e. The van der Waals surface area contributed by atoms with E-state index in [2.05, 4.69) is 27.2 Å². The van der Waals surface area contributed by atoms with Gasteiger partial charge in [0, 0.05) is 56.1 Å². The molecular weight excluding hydrogens is 421 g/mol. The van der Waals surface area contributed by atoms with Crippen LogP contribution >= 0.6 is 0 Å². The van der Waals surface area contributed by atoms with Gasteiger partial charge in [0.1, 0.15) is 0 Å². The Morgan fingerprint density at radius 2 is 2.12 bits per heavy atom. The lowest BCUT2D eigenvalue weighted by molar-refractivity contribution is 0.196. The lowest BCUT2D eigenvalue weighted by atomic mass is 10.1. The van der Waals surface area contributed by atoms with Crippen molar-refractivity contribution in [3.8, 4) is 0 Å². The maximum atomic E-state index is 15.0. The fourth-order valence-electron chi connectivity index (χ4n) is 3.44. The van der Waals surface area contributed by atoms with Crippen molar-refractivity contribution in [1.29, 1.82) is 5.41 Å². The first-order valence-electron chi connectivity index (χ1n) is 10.4. The van der Waals surface area contributed by atoms with Crippen LogP contribution in [-0.2, 0) is 4.74 Å². The lowest BCUT2D eigenvalue weighted by Crippen LogP contribution is -2.24. The number of halogens is 1. The Labute approximate surface area is 192 Å². The summed E-state index contributed by atoms with van der Waals surface area (Å²) in [6, 6.07) is 10.9. The molecule has 0 bridgehead atoms. The fraction of sp³-hybridized carbons (Fsp3) is 0.208. The highest BCUT2D eigenvalue weighted by Crippen LogP contribution is 2.32. The molecule has 172 valence electrons. The maximum Gasteiger partial charge on any atom is 0.229 e. The highest BCUT2D eigenvalue weighted by Gasteiger charge is 2.20. The second kappa shape index (κ2) is 11.1. The zero-order valence-corrected chi connectivity index (χ0v) is 18.7. The Bertz CT molecular complexity index is 1140. The molecule has 0 spiro atoms. The predicted octanol–water partition coefficient (Wildman–Crippen LogP) is 4.80. The Morgan fingerprint density at radius 1 is 1.30 bits per heavy atom. The zero-order valence-electron chi connectivity index (χ0n) is 18.7. The number of nitrogens with zero attached hydrogens (tertiary/aromatic N) is 3. The largest absolute Gasteiger partial charge is 0.398 e. The van der Waals surface area contributed by atoms with Crippen molar-refractivity contribution in [3.05, 3.63) is 66.1 Å². The molecule has 0 aliphatic heterocycles. The lowest BCUT2D eigenvalue weighted by Gasteiger charge is -2.26. The number of methoxy groups -OCH3 is 1. The van der Waals surface area contributed by atoms with E-state index in [1.54, 1.807) is 36.3 Å². The van der Waals surface area contributed by atoms with E-state index in [-0.39, 0.29) is 11.8 Å². The van der Waals surface area contributed by atoms with Gasteiger partial charge in [0.05, 0.1) is 11.9 Å². The molecule has 0 unspecified atom stereocenters. The summed E-state index contributed by atoms with van der Waals surface area (Å²) in [7, 11) is 3.44. The van der Waals surface area contributed by atoms with Crippen LogP contribution in [0.1, 0.15) is 17.5 Å². The van der Waals surface area contributed by atoms with Crippen molar-refractivity contribution < 1.29 is 9.13 Å². The van der Waals surface area contributed by atoms with Crippen molar-refractivity contribution in [1.82, 2.24) is 9.97 Å². The van der Waals surface area contributed by atoms with E-state index in [0.29, 0.717) is 36.5 Å². The molecule has 9 heteroatoms. The Kier molecular flexibility index (Phi) is 7.93. The molecule has 1 aromatic heterocycles. The SMILES string of the molecule is C=Cc1cc(Nc2ncc(F)c(N(CCCOC)c3cccc(N)c3C=N)n2)ccc1NC. The number of hydrogen-bond donors (Lipinski definition) is 4. The van der Waals surface area contributed by atoms with Crippen LogP contribution in [0.3, 0.4) is 0 Å². The van der Waals surface area contributed by atoms with Gasteiger partial charge in [-0.2, -0.15) is 4.98 Å². The third-order valence-corrected chi connectivity index (χ3v) is 5.06. The second-order valence-corrected chi connectivity index (χ2v) is 7.17. The van der Waals surface area contributed by atoms with Gasteiger partial charge in [-0.1, -0.05) is 18.7 Å². The molecule has 3 aromatic rings. The number of hydrogen-bond acceptors (Lipinski definition) is 8. The van der Waals surface area contributed by atoms with Crippen molar-refractivity contribution in [2.75, 3.05) is 48.6 Å². The summed E-state index contributed by atoms with van der Waals surface area (Å²) in [5, 5.41) is 14.0. The van der Waals surface area contributed by atoms with Crippen molar-refractivity contribution in [2.45, 2.75) is 6.42 Å². The van der Waals surface area contributed by atoms with Gasteiger partial charge in [-0.3, -0.25) is 0 Å². The standard InChI is InChI=1S/C24H28FN7O/c1-4-16-13-17(9-10-21(16)28-2)30-24-29-15-19(25)23(31-24)32(11-6-12-33-3)22-8-5-7-20(27)18(22)14-26/h4-5,7-10,13-15,26,28H,1,6,11-12,27H2,2-3H3,(H,29,30,31). The molecule has 2 aromatic carbocycles. The van der Waals surface area contributed by atoms with Crippen LogP contribution in [0.25, 0.3) is 6.08 Å². The molecule has 1 heterocycles. The van der Waals surface area contributed by atoms with Gasteiger partial charge in [-0.15, -0.1) is 0 Å². The second-order valence-electron chi connectivity index (χ2n) is 7.17. The Balaban J connectivity index is 2.01. The highest BCUT2D eigenvalue weighted by atomic mass is 19.1. The van der Waals surface area contributed by atoms with Gasteiger partial charge >= 0.3 is 0 Å². The molecule has 0 fully saturated rings. The minimum absolute atomic E-state index is 0.0769. The van der Waals surface area contributed by atoms with E-state index in [1.807, 2.05) is 25.2 Å². The van der Waals surface area contributed by atoms with E-state index in [4.69, 9.17) is 15.9 Å². The first-order chi connectivity index (χ1) is 16.0. The third-order valence-electron chi connectivity index (χ3n) is 5.06. The Morgan fingerprint density at radius 3 is 2.82 bits per heavy atom. The van der Waals surface area contributed by atoms with Crippen LogP contribution in [-0.4, -0.2) is 43.5 Å². The molecule has 0 aliphatic rings. The number of nitrogens with two attached hydrogens (primary N) is 1. The summed E-state index contributed by atoms with van der Waals surface area (Å²) < 4.78 is 20.1. The molecule has 33 heavy (non-hydrogen) atoms. The van der Waals surface area contributed by atoms with Gasteiger partial charge in [0.15, 0.2) is 11.6 Å². The average Bonchev–Trinajstić information content (AvgIpc) is 2.83. The summed E-state index contributed by atoms with van der Waals surface area (Å²) >= 11 is 0. The average molecular weight is 450 g/mol. The summed E-state index contributed by atoms with van der Waals surface area (Å²) in [5.41, 5.74) is 10.1. The molecule has 0 atom stereocenters. The zero-order chi connectivity index (χ0) is 23.8. The number of benzene rings is 2. The number of nitrogens with one attached hydrogen (secondary N) is 3. The normalized spacial score (nSPS) is 10.5. The van der Waals surface area contributed by atoms with Gasteiger partial charge in [-0.25, -0.2) is 9.37 Å².